The van der Waals surface area contributed by atoms with E-state index < -0.39 is 10.8 Å². The zero-order valence-corrected chi connectivity index (χ0v) is 16.5. The van der Waals surface area contributed by atoms with E-state index in [1.54, 1.807) is 7.11 Å². The molecule has 1 aliphatic carbocycles. The van der Waals surface area contributed by atoms with Crippen molar-refractivity contribution in [3.8, 4) is 22.8 Å². The molecule has 148 valence electrons. The van der Waals surface area contributed by atoms with Crippen LogP contribution in [0.25, 0.3) is 11.3 Å². The molecule has 9 heteroatoms. The van der Waals surface area contributed by atoms with E-state index in [2.05, 4.69) is 10.3 Å². The number of hydrogen-bond acceptors (Lipinski definition) is 7. The number of ether oxygens (including phenoxy) is 2. The fraction of sp³-hybridized carbons (Fsp3) is 0.200. The highest BCUT2D eigenvalue weighted by molar-refractivity contribution is 7.16. The SMILES string of the molecule is COc1ccc2c(c1)CCc1sc(NC(=O)c3ccc(OC)c([N+](=O)[O-])c3)nc1-2. The van der Waals surface area contributed by atoms with Crippen molar-refractivity contribution in [3.63, 3.8) is 0 Å². The summed E-state index contributed by atoms with van der Waals surface area (Å²) in [6.45, 7) is 0. The number of aromatic nitrogens is 1. The number of nitro benzene ring substituents is 1. The minimum atomic E-state index is -0.580. The third-order valence-corrected chi connectivity index (χ3v) is 5.78. The van der Waals surface area contributed by atoms with E-state index in [1.807, 2.05) is 18.2 Å². The molecular weight excluding hydrogens is 394 g/mol. The Bertz CT molecular complexity index is 1130. The van der Waals surface area contributed by atoms with E-state index in [0.717, 1.165) is 40.3 Å². The van der Waals surface area contributed by atoms with Gasteiger partial charge in [0.15, 0.2) is 10.9 Å². The van der Waals surface area contributed by atoms with Crippen molar-refractivity contribution < 1.29 is 19.2 Å². The molecule has 0 fully saturated rings. The van der Waals surface area contributed by atoms with Gasteiger partial charge < -0.3 is 9.47 Å². The normalized spacial score (nSPS) is 11.9. The molecule has 0 unspecified atom stereocenters. The average Bonchev–Trinajstić information content (AvgIpc) is 3.15. The summed E-state index contributed by atoms with van der Waals surface area (Å²) in [4.78, 5) is 28.9. The van der Waals surface area contributed by atoms with Crippen LogP contribution >= 0.6 is 11.3 Å². The maximum absolute atomic E-state index is 12.6. The fourth-order valence-corrected chi connectivity index (χ4v) is 4.28. The number of carbonyl (C=O) groups excluding carboxylic acids is 1. The number of thiazole rings is 1. The molecule has 0 bridgehead atoms. The molecule has 1 aromatic heterocycles. The Morgan fingerprint density at radius 3 is 2.72 bits per heavy atom. The van der Waals surface area contributed by atoms with Crippen molar-refractivity contribution in [2.75, 3.05) is 19.5 Å². The molecule has 1 heterocycles. The molecule has 3 aromatic rings. The number of rotatable bonds is 5. The molecule has 4 rings (SSSR count). The smallest absolute Gasteiger partial charge is 0.311 e. The van der Waals surface area contributed by atoms with E-state index in [1.165, 1.54) is 36.6 Å². The minimum absolute atomic E-state index is 0.100. The highest BCUT2D eigenvalue weighted by Gasteiger charge is 2.23. The van der Waals surface area contributed by atoms with E-state index in [-0.39, 0.29) is 17.0 Å². The molecule has 1 aliphatic rings. The molecule has 8 nitrogen and oxygen atoms in total. The van der Waals surface area contributed by atoms with Crippen LogP contribution in [-0.2, 0) is 12.8 Å². The fourth-order valence-electron chi connectivity index (χ4n) is 3.31. The Labute approximate surface area is 170 Å². The Morgan fingerprint density at radius 1 is 1.17 bits per heavy atom. The average molecular weight is 411 g/mol. The first-order valence-electron chi connectivity index (χ1n) is 8.81. The summed E-state index contributed by atoms with van der Waals surface area (Å²) in [5, 5.41) is 14.4. The van der Waals surface area contributed by atoms with Gasteiger partial charge in [-0.2, -0.15) is 0 Å². The van der Waals surface area contributed by atoms with Gasteiger partial charge in [-0.1, -0.05) is 0 Å². The van der Waals surface area contributed by atoms with Crippen molar-refractivity contribution in [2.24, 2.45) is 0 Å². The molecule has 1 amide bonds. The second-order valence-corrected chi connectivity index (χ2v) is 7.50. The predicted molar refractivity (Wildman–Crippen MR) is 109 cm³/mol. The van der Waals surface area contributed by atoms with Crippen molar-refractivity contribution in [3.05, 3.63) is 62.5 Å². The van der Waals surface area contributed by atoms with Gasteiger partial charge in [0, 0.05) is 22.1 Å². The standard InChI is InChI=1S/C20H17N3O5S/c1-27-13-5-6-14-11(9-13)4-8-17-18(14)21-20(29-17)22-19(24)12-3-7-16(28-2)15(10-12)23(25)26/h3,5-7,9-10H,4,8H2,1-2H3,(H,21,22,24). The van der Waals surface area contributed by atoms with Gasteiger partial charge in [0.2, 0.25) is 0 Å². The van der Waals surface area contributed by atoms with Gasteiger partial charge in [-0.15, -0.1) is 11.3 Å². The van der Waals surface area contributed by atoms with E-state index in [9.17, 15) is 14.9 Å². The Morgan fingerprint density at radius 2 is 2.00 bits per heavy atom. The quantitative estimate of drug-likeness (QED) is 0.501. The predicted octanol–water partition coefficient (Wildman–Crippen LogP) is 4.09. The number of amides is 1. The van der Waals surface area contributed by atoms with Gasteiger partial charge in [0.1, 0.15) is 5.75 Å². The second-order valence-electron chi connectivity index (χ2n) is 6.41. The first-order chi connectivity index (χ1) is 14.0. The second kappa shape index (κ2) is 7.51. The summed E-state index contributed by atoms with van der Waals surface area (Å²) in [5.74, 6) is 0.442. The van der Waals surface area contributed by atoms with Gasteiger partial charge in [0.05, 0.1) is 24.8 Å². The van der Waals surface area contributed by atoms with E-state index in [4.69, 9.17) is 9.47 Å². The topological polar surface area (TPSA) is 104 Å². The molecule has 0 aliphatic heterocycles. The van der Waals surface area contributed by atoms with E-state index in [0.29, 0.717) is 5.13 Å². The lowest BCUT2D eigenvalue weighted by atomic mass is 9.93. The number of anilines is 1. The van der Waals surface area contributed by atoms with Crippen molar-refractivity contribution in [1.29, 1.82) is 0 Å². The van der Waals surface area contributed by atoms with Crippen molar-refractivity contribution in [2.45, 2.75) is 12.8 Å². The number of nitrogens with zero attached hydrogens (tertiary/aromatic N) is 2. The lowest BCUT2D eigenvalue weighted by molar-refractivity contribution is -0.385. The number of nitro groups is 1. The van der Waals surface area contributed by atoms with Crippen LogP contribution in [0.5, 0.6) is 11.5 Å². The van der Waals surface area contributed by atoms with Crippen molar-refractivity contribution in [1.82, 2.24) is 4.98 Å². The maximum Gasteiger partial charge on any atom is 0.311 e. The molecule has 0 saturated heterocycles. The molecule has 0 radical (unpaired) electrons. The monoisotopic (exact) mass is 411 g/mol. The number of aryl methyl sites for hydroxylation is 2. The summed E-state index contributed by atoms with van der Waals surface area (Å²) in [5.41, 5.74) is 2.95. The van der Waals surface area contributed by atoms with Gasteiger partial charge in [-0.3, -0.25) is 20.2 Å². The van der Waals surface area contributed by atoms with Crippen molar-refractivity contribution >= 4 is 28.1 Å². The first-order valence-corrected chi connectivity index (χ1v) is 9.62. The molecule has 29 heavy (non-hydrogen) atoms. The van der Waals surface area contributed by atoms with Crippen LogP contribution in [-0.4, -0.2) is 30.0 Å². The van der Waals surface area contributed by atoms with Crippen LogP contribution in [0.15, 0.2) is 36.4 Å². The van der Waals surface area contributed by atoms with Gasteiger partial charge in [0.25, 0.3) is 5.91 Å². The van der Waals surface area contributed by atoms with Crippen LogP contribution in [0.2, 0.25) is 0 Å². The van der Waals surface area contributed by atoms with Crippen LogP contribution < -0.4 is 14.8 Å². The summed E-state index contributed by atoms with van der Waals surface area (Å²) in [6.07, 6.45) is 1.71. The maximum atomic E-state index is 12.6. The molecule has 0 atom stereocenters. The Kier molecular flexibility index (Phi) is 4.89. The summed E-state index contributed by atoms with van der Waals surface area (Å²) < 4.78 is 10.3. The number of benzene rings is 2. The third-order valence-electron chi connectivity index (χ3n) is 4.74. The highest BCUT2D eigenvalue weighted by atomic mass is 32.1. The number of carbonyl (C=O) groups is 1. The lowest BCUT2D eigenvalue weighted by Gasteiger charge is -2.15. The number of fused-ring (bicyclic) bond motifs is 3. The summed E-state index contributed by atoms with van der Waals surface area (Å²) in [7, 11) is 2.98. The molecule has 0 spiro atoms. The highest BCUT2D eigenvalue weighted by Crippen LogP contribution is 2.39. The van der Waals surface area contributed by atoms with Crippen LogP contribution in [0.4, 0.5) is 10.8 Å². The summed E-state index contributed by atoms with van der Waals surface area (Å²) in [6, 6.07) is 9.96. The summed E-state index contributed by atoms with van der Waals surface area (Å²) >= 11 is 1.42. The minimum Gasteiger partial charge on any atom is -0.497 e. The first kappa shape index (κ1) is 18.9. The van der Waals surface area contributed by atoms with Crippen LogP contribution in [0.3, 0.4) is 0 Å². The van der Waals surface area contributed by atoms with E-state index >= 15 is 0 Å². The number of methoxy groups -OCH3 is 2. The number of nitrogens with one attached hydrogen (secondary N) is 1. The van der Waals surface area contributed by atoms with Gasteiger partial charge in [-0.25, -0.2) is 4.98 Å². The van der Waals surface area contributed by atoms with Crippen LogP contribution in [0.1, 0.15) is 20.8 Å². The Balaban J connectivity index is 1.60. The molecule has 1 N–H and O–H groups in total. The zero-order chi connectivity index (χ0) is 20.5. The Hall–Kier alpha value is -3.46. The molecular formula is C20H17N3O5S. The zero-order valence-electron chi connectivity index (χ0n) is 15.7. The van der Waals surface area contributed by atoms with Gasteiger partial charge >= 0.3 is 5.69 Å². The lowest BCUT2D eigenvalue weighted by Crippen LogP contribution is -2.12. The third kappa shape index (κ3) is 3.52. The molecule has 0 saturated carbocycles. The largest absolute Gasteiger partial charge is 0.497 e. The van der Waals surface area contributed by atoms with Crippen LogP contribution in [0, 0.1) is 10.1 Å². The number of hydrogen-bond donors (Lipinski definition) is 1. The van der Waals surface area contributed by atoms with Gasteiger partial charge in [-0.05, 0) is 48.7 Å². The molecule has 2 aromatic carbocycles.